The van der Waals surface area contributed by atoms with Crippen molar-refractivity contribution in [2.24, 2.45) is 0 Å². The van der Waals surface area contributed by atoms with Gasteiger partial charge in [0.05, 0.1) is 6.10 Å². The number of ether oxygens (including phenoxy) is 1. The standard InChI is InChI=1S/C11H22N2O/c1-2-7-13(6-1)8-5-12-10-11-4-3-9-14-11/h11-12H,1-10H2/t11-/m1/s1. The SMILES string of the molecule is C1CO[C@@H](CNCCN2CCCC2)C1. The minimum atomic E-state index is 0.494. The Bertz CT molecular complexity index is 133. The second-order valence-electron chi connectivity index (χ2n) is 4.39. The van der Waals surface area contributed by atoms with Crippen molar-refractivity contribution >= 4 is 0 Å². The summed E-state index contributed by atoms with van der Waals surface area (Å²) in [7, 11) is 0. The highest BCUT2D eigenvalue weighted by Crippen LogP contribution is 2.10. The summed E-state index contributed by atoms with van der Waals surface area (Å²) in [5.74, 6) is 0. The molecule has 0 aromatic carbocycles. The Balaban J connectivity index is 1.46. The van der Waals surface area contributed by atoms with Gasteiger partial charge in [-0.25, -0.2) is 0 Å². The molecular formula is C11H22N2O. The van der Waals surface area contributed by atoms with E-state index in [9.17, 15) is 0 Å². The maximum absolute atomic E-state index is 5.55. The molecule has 2 aliphatic rings. The maximum atomic E-state index is 5.55. The van der Waals surface area contributed by atoms with Crippen LogP contribution in [0.1, 0.15) is 25.7 Å². The van der Waals surface area contributed by atoms with Crippen LogP contribution in [0.25, 0.3) is 0 Å². The molecule has 0 spiro atoms. The van der Waals surface area contributed by atoms with E-state index in [4.69, 9.17) is 4.74 Å². The van der Waals surface area contributed by atoms with Crippen molar-refractivity contribution in [3.8, 4) is 0 Å². The Morgan fingerprint density at radius 2 is 2.07 bits per heavy atom. The summed E-state index contributed by atoms with van der Waals surface area (Å²) < 4.78 is 5.55. The summed E-state index contributed by atoms with van der Waals surface area (Å²) in [4.78, 5) is 2.54. The van der Waals surface area contributed by atoms with E-state index in [0.717, 1.165) is 19.7 Å². The first kappa shape index (κ1) is 10.4. The number of rotatable bonds is 5. The van der Waals surface area contributed by atoms with E-state index < -0.39 is 0 Å². The largest absolute Gasteiger partial charge is 0.377 e. The number of nitrogens with one attached hydrogen (secondary N) is 1. The number of likely N-dealkylation sites (tertiary alicyclic amines) is 1. The third-order valence-electron chi connectivity index (χ3n) is 3.20. The van der Waals surface area contributed by atoms with Crippen molar-refractivity contribution in [3.63, 3.8) is 0 Å². The second kappa shape index (κ2) is 5.69. The molecule has 0 aromatic rings. The summed E-state index contributed by atoms with van der Waals surface area (Å²) in [5, 5.41) is 3.49. The fourth-order valence-electron chi connectivity index (χ4n) is 2.31. The number of hydrogen-bond acceptors (Lipinski definition) is 3. The van der Waals surface area contributed by atoms with Gasteiger partial charge in [0.2, 0.25) is 0 Å². The van der Waals surface area contributed by atoms with Gasteiger partial charge in [0, 0.05) is 26.2 Å². The Kier molecular flexibility index (Phi) is 4.22. The van der Waals surface area contributed by atoms with Gasteiger partial charge < -0.3 is 15.0 Å². The summed E-state index contributed by atoms with van der Waals surface area (Å²) in [6.07, 6.45) is 5.78. The predicted octanol–water partition coefficient (Wildman–Crippen LogP) is 0.851. The molecule has 3 heteroatoms. The molecule has 1 atom stereocenters. The van der Waals surface area contributed by atoms with Gasteiger partial charge in [0.15, 0.2) is 0 Å². The van der Waals surface area contributed by atoms with E-state index in [2.05, 4.69) is 10.2 Å². The fourth-order valence-corrected chi connectivity index (χ4v) is 2.31. The van der Waals surface area contributed by atoms with Crippen LogP contribution in [0, 0.1) is 0 Å². The topological polar surface area (TPSA) is 24.5 Å². The zero-order chi connectivity index (χ0) is 9.64. The van der Waals surface area contributed by atoms with Crippen LogP contribution >= 0.6 is 0 Å². The molecule has 14 heavy (non-hydrogen) atoms. The van der Waals surface area contributed by atoms with Crippen LogP contribution in [-0.4, -0.2) is 50.3 Å². The van der Waals surface area contributed by atoms with Gasteiger partial charge in [-0.3, -0.25) is 0 Å². The maximum Gasteiger partial charge on any atom is 0.0700 e. The van der Waals surface area contributed by atoms with Crippen LogP contribution in [-0.2, 0) is 4.74 Å². The van der Waals surface area contributed by atoms with E-state index in [1.807, 2.05) is 0 Å². The van der Waals surface area contributed by atoms with Gasteiger partial charge in [0.1, 0.15) is 0 Å². The molecule has 2 rings (SSSR count). The van der Waals surface area contributed by atoms with E-state index in [0.29, 0.717) is 6.10 Å². The molecule has 0 bridgehead atoms. The molecule has 0 unspecified atom stereocenters. The smallest absolute Gasteiger partial charge is 0.0700 e. The van der Waals surface area contributed by atoms with Crippen molar-refractivity contribution in [3.05, 3.63) is 0 Å². The molecule has 3 nitrogen and oxygen atoms in total. The molecule has 0 saturated carbocycles. The molecule has 0 aromatic heterocycles. The van der Waals surface area contributed by atoms with Crippen molar-refractivity contribution in [2.45, 2.75) is 31.8 Å². The van der Waals surface area contributed by atoms with Crippen molar-refractivity contribution in [2.75, 3.05) is 39.3 Å². The van der Waals surface area contributed by atoms with E-state index >= 15 is 0 Å². The van der Waals surface area contributed by atoms with Crippen LogP contribution in [0.15, 0.2) is 0 Å². The third kappa shape index (κ3) is 3.23. The lowest BCUT2D eigenvalue weighted by Gasteiger charge is -2.16. The van der Waals surface area contributed by atoms with Crippen molar-refractivity contribution < 1.29 is 4.74 Å². The first-order valence-electron chi connectivity index (χ1n) is 6.00. The zero-order valence-electron chi connectivity index (χ0n) is 9.00. The lowest BCUT2D eigenvalue weighted by molar-refractivity contribution is 0.109. The zero-order valence-corrected chi connectivity index (χ0v) is 9.00. The van der Waals surface area contributed by atoms with Crippen molar-refractivity contribution in [1.82, 2.24) is 10.2 Å². The lowest BCUT2D eigenvalue weighted by atomic mass is 10.2. The molecule has 2 aliphatic heterocycles. The molecule has 1 N–H and O–H groups in total. The molecule has 2 fully saturated rings. The molecule has 2 heterocycles. The Labute approximate surface area is 86.8 Å². The summed E-state index contributed by atoms with van der Waals surface area (Å²) in [5.41, 5.74) is 0. The van der Waals surface area contributed by atoms with Crippen LogP contribution in [0.5, 0.6) is 0 Å². The summed E-state index contributed by atoms with van der Waals surface area (Å²) in [6.45, 7) is 6.97. The molecule has 82 valence electrons. The predicted molar refractivity (Wildman–Crippen MR) is 57.5 cm³/mol. The third-order valence-corrected chi connectivity index (χ3v) is 3.20. The van der Waals surface area contributed by atoms with Gasteiger partial charge in [-0.1, -0.05) is 0 Å². The Morgan fingerprint density at radius 1 is 1.21 bits per heavy atom. The first-order chi connectivity index (χ1) is 6.95. The van der Waals surface area contributed by atoms with Crippen LogP contribution in [0.2, 0.25) is 0 Å². The highest BCUT2D eigenvalue weighted by atomic mass is 16.5. The molecule has 2 saturated heterocycles. The Morgan fingerprint density at radius 3 is 2.79 bits per heavy atom. The highest BCUT2D eigenvalue weighted by Gasteiger charge is 2.15. The number of hydrogen-bond donors (Lipinski definition) is 1. The summed E-state index contributed by atoms with van der Waals surface area (Å²) >= 11 is 0. The van der Waals surface area contributed by atoms with E-state index in [1.54, 1.807) is 0 Å². The van der Waals surface area contributed by atoms with Crippen LogP contribution in [0.4, 0.5) is 0 Å². The fraction of sp³-hybridized carbons (Fsp3) is 1.00. The van der Waals surface area contributed by atoms with Crippen molar-refractivity contribution in [1.29, 1.82) is 0 Å². The second-order valence-corrected chi connectivity index (χ2v) is 4.39. The van der Waals surface area contributed by atoms with Crippen LogP contribution < -0.4 is 5.32 Å². The monoisotopic (exact) mass is 198 g/mol. The molecular weight excluding hydrogens is 176 g/mol. The van der Waals surface area contributed by atoms with Gasteiger partial charge in [-0.2, -0.15) is 0 Å². The highest BCUT2D eigenvalue weighted by molar-refractivity contribution is 4.70. The van der Waals surface area contributed by atoms with Gasteiger partial charge in [0.25, 0.3) is 0 Å². The van der Waals surface area contributed by atoms with E-state index in [-0.39, 0.29) is 0 Å². The van der Waals surface area contributed by atoms with Gasteiger partial charge >= 0.3 is 0 Å². The van der Waals surface area contributed by atoms with E-state index in [1.165, 1.54) is 45.3 Å². The average molecular weight is 198 g/mol. The minimum absolute atomic E-state index is 0.494. The normalized spacial score (nSPS) is 28.7. The molecule has 0 amide bonds. The lowest BCUT2D eigenvalue weighted by Crippen LogP contribution is -2.34. The molecule has 0 radical (unpaired) electrons. The van der Waals surface area contributed by atoms with Gasteiger partial charge in [-0.05, 0) is 38.8 Å². The number of nitrogens with zero attached hydrogens (tertiary/aromatic N) is 1. The molecule has 0 aliphatic carbocycles. The van der Waals surface area contributed by atoms with Crippen LogP contribution in [0.3, 0.4) is 0 Å². The Hall–Kier alpha value is -0.120. The average Bonchev–Trinajstić information content (AvgIpc) is 2.86. The minimum Gasteiger partial charge on any atom is -0.377 e. The first-order valence-corrected chi connectivity index (χ1v) is 6.00. The quantitative estimate of drug-likeness (QED) is 0.663. The summed E-state index contributed by atoms with van der Waals surface area (Å²) in [6, 6.07) is 0. The van der Waals surface area contributed by atoms with Gasteiger partial charge in [-0.15, -0.1) is 0 Å².